The van der Waals surface area contributed by atoms with Gasteiger partial charge in [0.05, 0.1) is 9.80 Å². The Labute approximate surface area is 205 Å². The van der Waals surface area contributed by atoms with Crippen LogP contribution in [-0.2, 0) is 4.79 Å². The SMILES string of the molecule is O=C(C=Cc1ccc(Cl)c([N+](=O)[O-])c1)Nc1ccc(N2CCN(C(=O)c3cccs3)CC2)cc1. The van der Waals surface area contributed by atoms with E-state index < -0.39 is 4.92 Å². The van der Waals surface area contributed by atoms with E-state index in [1.807, 2.05) is 46.7 Å². The maximum absolute atomic E-state index is 12.5. The quantitative estimate of drug-likeness (QED) is 0.297. The van der Waals surface area contributed by atoms with Gasteiger partial charge in [0, 0.05) is 49.7 Å². The molecule has 1 fully saturated rings. The third kappa shape index (κ3) is 5.62. The van der Waals surface area contributed by atoms with Crippen molar-refractivity contribution in [3.8, 4) is 0 Å². The van der Waals surface area contributed by atoms with E-state index >= 15 is 0 Å². The van der Waals surface area contributed by atoms with Gasteiger partial charge >= 0.3 is 0 Å². The first kappa shape index (κ1) is 23.5. The summed E-state index contributed by atoms with van der Waals surface area (Å²) in [6.07, 6.45) is 2.80. The number of halogens is 1. The van der Waals surface area contributed by atoms with Gasteiger partial charge in [-0.05, 0) is 53.4 Å². The van der Waals surface area contributed by atoms with E-state index in [2.05, 4.69) is 10.2 Å². The third-order valence-corrected chi connectivity index (χ3v) is 6.57. The highest BCUT2D eigenvalue weighted by Crippen LogP contribution is 2.26. The average molecular weight is 497 g/mol. The molecule has 1 aliphatic rings. The molecule has 0 bridgehead atoms. The molecule has 34 heavy (non-hydrogen) atoms. The predicted octanol–water partition coefficient (Wildman–Crippen LogP) is 4.92. The fourth-order valence-corrected chi connectivity index (χ4v) is 4.49. The standard InChI is InChI=1S/C24H21ClN4O4S/c25-20-9-3-17(16-21(20)29(32)33)4-10-23(30)26-18-5-7-19(8-6-18)27-11-13-28(14-12-27)24(31)22-2-1-15-34-22/h1-10,15-16H,11-14H2,(H,26,30). The summed E-state index contributed by atoms with van der Waals surface area (Å²) in [5, 5.41) is 15.7. The van der Waals surface area contributed by atoms with Gasteiger partial charge in [0.2, 0.25) is 5.91 Å². The Kier molecular flexibility index (Phi) is 7.24. The van der Waals surface area contributed by atoms with Crippen LogP contribution in [0.5, 0.6) is 0 Å². The van der Waals surface area contributed by atoms with Gasteiger partial charge in [0.1, 0.15) is 5.02 Å². The van der Waals surface area contributed by atoms with Crippen LogP contribution >= 0.6 is 22.9 Å². The van der Waals surface area contributed by atoms with Crippen LogP contribution in [0.2, 0.25) is 5.02 Å². The van der Waals surface area contributed by atoms with Gasteiger partial charge in [-0.25, -0.2) is 0 Å². The molecule has 2 heterocycles. The van der Waals surface area contributed by atoms with Crippen molar-refractivity contribution in [3.63, 3.8) is 0 Å². The fraction of sp³-hybridized carbons (Fsp3) is 0.167. The number of carbonyl (C=O) groups excluding carboxylic acids is 2. The van der Waals surface area contributed by atoms with Crippen molar-refractivity contribution < 1.29 is 14.5 Å². The lowest BCUT2D eigenvalue weighted by molar-refractivity contribution is -0.384. The maximum atomic E-state index is 12.5. The number of hydrogen-bond acceptors (Lipinski definition) is 6. The Morgan fingerprint density at radius 1 is 1.06 bits per heavy atom. The minimum absolute atomic E-state index is 0.0437. The number of anilines is 2. The summed E-state index contributed by atoms with van der Waals surface area (Å²) in [6, 6.07) is 15.6. The smallest absolute Gasteiger partial charge is 0.288 e. The van der Waals surface area contributed by atoms with Gasteiger partial charge in [-0.15, -0.1) is 11.3 Å². The van der Waals surface area contributed by atoms with Gasteiger partial charge in [-0.1, -0.05) is 23.7 Å². The molecule has 8 nitrogen and oxygen atoms in total. The summed E-state index contributed by atoms with van der Waals surface area (Å²) < 4.78 is 0. The second-order valence-electron chi connectivity index (χ2n) is 7.59. The number of rotatable bonds is 6. The number of piperazine rings is 1. The van der Waals surface area contributed by atoms with Crippen molar-refractivity contribution in [2.45, 2.75) is 0 Å². The van der Waals surface area contributed by atoms with Gasteiger partial charge in [-0.2, -0.15) is 0 Å². The van der Waals surface area contributed by atoms with Crippen molar-refractivity contribution in [3.05, 3.63) is 91.6 Å². The molecule has 174 valence electrons. The van der Waals surface area contributed by atoms with Crippen LogP contribution < -0.4 is 10.2 Å². The van der Waals surface area contributed by atoms with Crippen LogP contribution in [-0.4, -0.2) is 47.8 Å². The summed E-state index contributed by atoms with van der Waals surface area (Å²) in [6.45, 7) is 2.78. The normalized spacial score (nSPS) is 13.8. The molecule has 1 N–H and O–H groups in total. The molecule has 1 aliphatic heterocycles. The van der Waals surface area contributed by atoms with Crippen molar-refractivity contribution in [1.29, 1.82) is 0 Å². The van der Waals surface area contributed by atoms with E-state index in [0.29, 0.717) is 24.3 Å². The Hall–Kier alpha value is -3.69. The van der Waals surface area contributed by atoms with Crippen LogP contribution in [0.15, 0.2) is 66.1 Å². The van der Waals surface area contributed by atoms with E-state index in [4.69, 9.17) is 11.6 Å². The summed E-state index contributed by atoms with van der Waals surface area (Å²) in [4.78, 5) is 40.0. The zero-order valence-electron chi connectivity index (χ0n) is 18.0. The molecule has 4 rings (SSSR count). The number of amides is 2. The lowest BCUT2D eigenvalue weighted by Crippen LogP contribution is -2.48. The molecule has 0 atom stereocenters. The molecular formula is C24H21ClN4O4S. The van der Waals surface area contributed by atoms with E-state index in [1.165, 1.54) is 35.6 Å². The molecule has 0 spiro atoms. The second kappa shape index (κ2) is 10.5. The highest BCUT2D eigenvalue weighted by atomic mass is 35.5. The lowest BCUT2D eigenvalue weighted by Gasteiger charge is -2.36. The molecule has 2 amide bonds. The molecule has 10 heteroatoms. The minimum atomic E-state index is -0.567. The number of nitrogens with one attached hydrogen (secondary N) is 1. The van der Waals surface area contributed by atoms with E-state index in [1.54, 1.807) is 6.07 Å². The Morgan fingerprint density at radius 3 is 2.44 bits per heavy atom. The van der Waals surface area contributed by atoms with Gasteiger partial charge < -0.3 is 15.1 Å². The van der Waals surface area contributed by atoms with E-state index in [9.17, 15) is 19.7 Å². The monoisotopic (exact) mass is 496 g/mol. The van der Waals surface area contributed by atoms with Gasteiger partial charge in [-0.3, -0.25) is 19.7 Å². The summed E-state index contributed by atoms with van der Waals surface area (Å²) in [5.74, 6) is -0.278. The molecule has 0 radical (unpaired) electrons. The highest BCUT2D eigenvalue weighted by molar-refractivity contribution is 7.12. The largest absolute Gasteiger partial charge is 0.368 e. The van der Waals surface area contributed by atoms with Crippen LogP contribution in [0.1, 0.15) is 15.2 Å². The van der Waals surface area contributed by atoms with Crippen LogP contribution in [0.25, 0.3) is 6.08 Å². The topological polar surface area (TPSA) is 95.8 Å². The number of nitrogens with zero attached hydrogens (tertiary/aromatic N) is 3. The number of carbonyl (C=O) groups is 2. The van der Waals surface area contributed by atoms with Crippen molar-refractivity contribution in [2.75, 3.05) is 36.4 Å². The van der Waals surface area contributed by atoms with E-state index in [-0.39, 0.29) is 22.5 Å². The lowest BCUT2D eigenvalue weighted by atomic mass is 10.2. The van der Waals surface area contributed by atoms with Crippen LogP contribution in [0.3, 0.4) is 0 Å². The summed E-state index contributed by atoms with van der Waals surface area (Å²) in [7, 11) is 0. The fourth-order valence-electron chi connectivity index (χ4n) is 3.61. The predicted molar refractivity (Wildman–Crippen MR) is 135 cm³/mol. The molecule has 1 aromatic heterocycles. The molecule has 0 unspecified atom stereocenters. The zero-order valence-corrected chi connectivity index (χ0v) is 19.6. The maximum Gasteiger partial charge on any atom is 0.288 e. The first-order chi connectivity index (χ1) is 16.4. The highest BCUT2D eigenvalue weighted by Gasteiger charge is 2.22. The number of thiophene rings is 1. The Balaban J connectivity index is 1.30. The average Bonchev–Trinajstić information content (AvgIpc) is 3.39. The minimum Gasteiger partial charge on any atom is -0.368 e. The second-order valence-corrected chi connectivity index (χ2v) is 8.95. The molecule has 3 aromatic rings. The number of benzene rings is 2. The number of nitro benzene ring substituents is 1. The first-order valence-corrected chi connectivity index (χ1v) is 11.8. The van der Waals surface area contributed by atoms with E-state index in [0.717, 1.165) is 23.7 Å². The molecule has 0 saturated carbocycles. The molecule has 0 aliphatic carbocycles. The summed E-state index contributed by atoms with van der Waals surface area (Å²) >= 11 is 7.26. The number of hydrogen-bond donors (Lipinski definition) is 1. The van der Waals surface area contributed by atoms with Gasteiger partial charge in [0.25, 0.3) is 11.6 Å². The van der Waals surface area contributed by atoms with Crippen molar-refractivity contribution >= 4 is 57.9 Å². The number of nitro groups is 1. The van der Waals surface area contributed by atoms with Crippen LogP contribution in [0.4, 0.5) is 17.1 Å². The molecule has 2 aromatic carbocycles. The molecule has 1 saturated heterocycles. The first-order valence-electron chi connectivity index (χ1n) is 10.5. The molecular weight excluding hydrogens is 476 g/mol. The van der Waals surface area contributed by atoms with Crippen molar-refractivity contribution in [1.82, 2.24) is 4.90 Å². The zero-order chi connectivity index (χ0) is 24.1. The van der Waals surface area contributed by atoms with Crippen molar-refractivity contribution in [2.24, 2.45) is 0 Å². The third-order valence-electron chi connectivity index (χ3n) is 5.39. The summed E-state index contributed by atoms with van der Waals surface area (Å²) in [5.41, 5.74) is 1.94. The van der Waals surface area contributed by atoms with Gasteiger partial charge in [0.15, 0.2) is 0 Å². The Morgan fingerprint density at radius 2 is 1.79 bits per heavy atom. The van der Waals surface area contributed by atoms with Crippen LogP contribution in [0, 0.1) is 10.1 Å². The Bertz CT molecular complexity index is 1220.